The van der Waals surface area contributed by atoms with Gasteiger partial charge in [-0.05, 0) is 23.9 Å². The average molecular weight is 281 g/mol. The first-order valence-electron chi connectivity index (χ1n) is 5.60. The first kappa shape index (κ1) is 13.3. The summed E-state index contributed by atoms with van der Waals surface area (Å²) in [4.78, 5) is 1.02. The predicted molar refractivity (Wildman–Crippen MR) is 75.0 cm³/mol. The highest BCUT2D eigenvalue weighted by Crippen LogP contribution is 2.10. The van der Waals surface area contributed by atoms with Crippen molar-refractivity contribution in [1.29, 1.82) is 0 Å². The molecule has 0 saturated heterocycles. The second-order valence-electron chi connectivity index (χ2n) is 4.15. The van der Waals surface area contributed by atoms with E-state index in [1.54, 1.807) is 11.3 Å². The number of benzene rings is 1. The number of sulfonamides is 1. The van der Waals surface area contributed by atoms with Gasteiger partial charge in [0.25, 0.3) is 0 Å². The standard InChI is InChI=1S/C13H15NO2S2/c1-11-4-6-12(7-5-11)10-18(15,16)14-9-13-3-2-8-17-13/h2-8,14H,9-10H2,1H3. The fourth-order valence-electron chi connectivity index (χ4n) is 1.55. The molecule has 1 aromatic carbocycles. The minimum atomic E-state index is -3.27. The molecule has 0 atom stereocenters. The summed E-state index contributed by atoms with van der Waals surface area (Å²) in [5.41, 5.74) is 1.93. The third-order valence-electron chi connectivity index (χ3n) is 2.52. The van der Waals surface area contributed by atoms with E-state index < -0.39 is 10.0 Å². The van der Waals surface area contributed by atoms with Crippen molar-refractivity contribution in [3.05, 3.63) is 57.8 Å². The number of hydrogen-bond acceptors (Lipinski definition) is 3. The van der Waals surface area contributed by atoms with E-state index in [1.807, 2.05) is 48.7 Å². The van der Waals surface area contributed by atoms with Crippen LogP contribution in [0.5, 0.6) is 0 Å². The Kier molecular flexibility index (Phi) is 4.16. The molecule has 0 aliphatic carbocycles. The topological polar surface area (TPSA) is 46.2 Å². The van der Waals surface area contributed by atoms with E-state index in [4.69, 9.17) is 0 Å². The second-order valence-corrected chi connectivity index (χ2v) is 6.98. The van der Waals surface area contributed by atoms with Crippen molar-refractivity contribution in [2.75, 3.05) is 0 Å². The second kappa shape index (κ2) is 5.65. The maximum absolute atomic E-state index is 11.9. The van der Waals surface area contributed by atoms with Gasteiger partial charge in [0.05, 0.1) is 5.75 Å². The van der Waals surface area contributed by atoms with Crippen LogP contribution in [-0.4, -0.2) is 8.42 Å². The van der Waals surface area contributed by atoms with E-state index in [0.29, 0.717) is 6.54 Å². The van der Waals surface area contributed by atoms with Crippen LogP contribution >= 0.6 is 11.3 Å². The zero-order chi connectivity index (χ0) is 13.0. The molecule has 0 amide bonds. The van der Waals surface area contributed by atoms with Crippen LogP contribution in [-0.2, 0) is 22.3 Å². The summed E-state index contributed by atoms with van der Waals surface area (Å²) in [6.07, 6.45) is 0. The molecule has 2 aromatic rings. The van der Waals surface area contributed by atoms with Crippen LogP contribution in [0.25, 0.3) is 0 Å². The van der Waals surface area contributed by atoms with Gasteiger partial charge in [0, 0.05) is 11.4 Å². The minimum Gasteiger partial charge on any atom is -0.212 e. The molecule has 0 unspecified atom stereocenters. The Morgan fingerprint density at radius 1 is 1.17 bits per heavy atom. The molecule has 1 heterocycles. The number of rotatable bonds is 5. The summed E-state index contributed by atoms with van der Waals surface area (Å²) in [6, 6.07) is 11.4. The molecule has 2 rings (SSSR count). The van der Waals surface area contributed by atoms with Gasteiger partial charge in [-0.1, -0.05) is 35.9 Å². The van der Waals surface area contributed by atoms with Crippen molar-refractivity contribution < 1.29 is 8.42 Å². The fourth-order valence-corrected chi connectivity index (χ4v) is 3.39. The Balaban J connectivity index is 1.97. The number of aryl methyl sites for hydroxylation is 1. The molecule has 1 N–H and O–H groups in total. The maximum atomic E-state index is 11.9. The molecule has 96 valence electrons. The molecular formula is C13H15NO2S2. The van der Waals surface area contributed by atoms with Crippen molar-refractivity contribution in [3.63, 3.8) is 0 Å². The maximum Gasteiger partial charge on any atom is 0.216 e. The summed E-state index contributed by atoms with van der Waals surface area (Å²) in [6.45, 7) is 2.35. The van der Waals surface area contributed by atoms with Crippen molar-refractivity contribution in [1.82, 2.24) is 4.72 Å². The van der Waals surface area contributed by atoms with E-state index in [-0.39, 0.29) is 5.75 Å². The predicted octanol–water partition coefficient (Wildman–Crippen LogP) is 2.68. The highest BCUT2D eigenvalue weighted by Gasteiger charge is 2.11. The van der Waals surface area contributed by atoms with Gasteiger partial charge in [0.15, 0.2) is 0 Å². The van der Waals surface area contributed by atoms with Crippen molar-refractivity contribution in [2.45, 2.75) is 19.2 Å². The summed E-state index contributed by atoms with van der Waals surface area (Å²) in [7, 11) is -3.27. The Labute approximate surface area is 112 Å². The molecule has 1 aromatic heterocycles. The van der Waals surface area contributed by atoms with E-state index in [1.165, 1.54) is 0 Å². The molecule has 0 fully saturated rings. The molecule has 0 aliphatic rings. The lowest BCUT2D eigenvalue weighted by molar-refractivity contribution is 0.581. The van der Waals surface area contributed by atoms with Crippen LogP contribution in [0.2, 0.25) is 0 Å². The number of nitrogens with one attached hydrogen (secondary N) is 1. The largest absolute Gasteiger partial charge is 0.216 e. The van der Waals surface area contributed by atoms with E-state index >= 15 is 0 Å². The first-order valence-corrected chi connectivity index (χ1v) is 8.14. The first-order chi connectivity index (χ1) is 8.55. The minimum absolute atomic E-state index is 0.0264. The highest BCUT2D eigenvalue weighted by atomic mass is 32.2. The fraction of sp³-hybridized carbons (Fsp3) is 0.231. The molecule has 3 nitrogen and oxygen atoms in total. The normalized spacial score (nSPS) is 11.6. The lowest BCUT2D eigenvalue weighted by Gasteiger charge is -2.06. The molecule has 0 radical (unpaired) electrons. The zero-order valence-corrected chi connectivity index (χ0v) is 11.7. The van der Waals surface area contributed by atoms with Gasteiger partial charge in [0.1, 0.15) is 0 Å². The molecule has 0 bridgehead atoms. The smallest absolute Gasteiger partial charge is 0.212 e. The molecule has 0 saturated carbocycles. The Morgan fingerprint density at radius 2 is 1.89 bits per heavy atom. The molecular weight excluding hydrogens is 266 g/mol. The Hall–Kier alpha value is -1.17. The van der Waals surface area contributed by atoms with Gasteiger partial charge in [-0.15, -0.1) is 11.3 Å². The molecule has 0 aliphatic heterocycles. The van der Waals surface area contributed by atoms with Crippen LogP contribution in [0.1, 0.15) is 16.0 Å². The van der Waals surface area contributed by atoms with E-state index in [2.05, 4.69) is 4.72 Å². The zero-order valence-electron chi connectivity index (χ0n) is 10.1. The number of hydrogen-bond donors (Lipinski definition) is 1. The average Bonchev–Trinajstić information content (AvgIpc) is 2.83. The monoisotopic (exact) mass is 281 g/mol. The third kappa shape index (κ3) is 3.94. The lowest BCUT2D eigenvalue weighted by Crippen LogP contribution is -2.24. The van der Waals surface area contributed by atoms with Crippen LogP contribution in [0.15, 0.2) is 41.8 Å². The van der Waals surface area contributed by atoms with Gasteiger partial charge < -0.3 is 0 Å². The van der Waals surface area contributed by atoms with Crippen molar-refractivity contribution >= 4 is 21.4 Å². The summed E-state index contributed by atoms with van der Waals surface area (Å²) in [5, 5.41) is 1.93. The van der Waals surface area contributed by atoms with E-state index in [0.717, 1.165) is 16.0 Å². The molecule has 0 spiro atoms. The SMILES string of the molecule is Cc1ccc(CS(=O)(=O)NCc2cccs2)cc1. The van der Waals surface area contributed by atoms with Gasteiger partial charge >= 0.3 is 0 Å². The van der Waals surface area contributed by atoms with Crippen LogP contribution in [0.4, 0.5) is 0 Å². The molecule has 18 heavy (non-hydrogen) atoms. The molecule has 5 heteroatoms. The van der Waals surface area contributed by atoms with Crippen molar-refractivity contribution in [2.24, 2.45) is 0 Å². The van der Waals surface area contributed by atoms with Crippen molar-refractivity contribution in [3.8, 4) is 0 Å². The van der Waals surface area contributed by atoms with E-state index in [9.17, 15) is 8.42 Å². The van der Waals surface area contributed by atoms with Crippen LogP contribution < -0.4 is 4.72 Å². The van der Waals surface area contributed by atoms with Gasteiger partial charge in [-0.2, -0.15) is 0 Å². The summed E-state index contributed by atoms with van der Waals surface area (Å²) in [5.74, 6) is 0.0264. The quantitative estimate of drug-likeness (QED) is 0.916. The van der Waals surface area contributed by atoms with Gasteiger partial charge in [-0.25, -0.2) is 13.1 Å². The van der Waals surface area contributed by atoms with Gasteiger partial charge in [-0.3, -0.25) is 0 Å². The summed E-state index contributed by atoms with van der Waals surface area (Å²) < 4.78 is 26.4. The summed E-state index contributed by atoms with van der Waals surface area (Å²) >= 11 is 1.54. The third-order valence-corrected chi connectivity index (χ3v) is 4.70. The highest BCUT2D eigenvalue weighted by molar-refractivity contribution is 7.88. The van der Waals surface area contributed by atoms with Gasteiger partial charge in [0.2, 0.25) is 10.0 Å². The van der Waals surface area contributed by atoms with Crippen LogP contribution in [0, 0.1) is 6.92 Å². The van der Waals surface area contributed by atoms with Crippen LogP contribution in [0.3, 0.4) is 0 Å². The Morgan fingerprint density at radius 3 is 2.50 bits per heavy atom. The Bertz CT molecular complexity index is 586. The number of thiophene rings is 1. The lowest BCUT2D eigenvalue weighted by atomic mass is 10.2.